The molecule has 142 valence electrons. The Morgan fingerprint density at radius 2 is 2.08 bits per heavy atom. The number of hydrogen-bond acceptors (Lipinski definition) is 3. The molecule has 1 aromatic rings. The molecule has 0 unspecified atom stereocenters. The molecule has 2 rings (SSSR count). The van der Waals surface area contributed by atoms with E-state index in [1.165, 1.54) is 25.3 Å². The van der Waals surface area contributed by atoms with E-state index in [0.29, 0.717) is 24.5 Å². The van der Waals surface area contributed by atoms with Crippen LogP contribution in [0.1, 0.15) is 51.0 Å². The van der Waals surface area contributed by atoms with Gasteiger partial charge in [0.15, 0.2) is 0 Å². The van der Waals surface area contributed by atoms with Gasteiger partial charge in [0.2, 0.25) is 11.8 Å². The molecule has 0 saturated carbocycles. The van der Waals surface area contributed by atoms with Crippen molar-refractivity contribution >= 4 is 17.5 Å². The van der Waals surface area contributed by atoms with Crippen molar-refractivity contribution in [3.05, 3.63) is 35.4 Å². The van der Waals surface area contributed by atoms with Gasteiger partial charge in [-0.1, -0.05) is 17.7 Å². The molecule has 0 atom stereocenters. The number of ether oxygens (including phenoxy) is 1. The molecule has 0 heterocycles. The van der Waals surface area contributed by atoms with Gasteiger partial charge in [-0.3, -0.25) is 9.59 Å². The fourth-order valence-corrected chi connectivity index (χ4v) is 3.25. The Morgan fingerprint density at radius 1 is 1.27 bits per heavy atom. The minimum absolute atomic E-state index is 0.0284. The van der Waals surface area contributed by atoms with E-state index in [-0.39, 0.29) is 18.2 Å². The number of nitrogens with zero attached hydrogens (tertiary/aromatic N) is 1. The van der Waals surface area contributed by atoms with Crippen molar-refractivity contribution in [3.8, 4) is 5.75 Å². The van der Waals surface area contributed by atoms with Crippen LogP contribution in [-0.2, 0) is 9.59 Å². The van der Waals surface area contributed by atoms with Crippen LogP contribution in [0, 0.1) is 6.92 Å². The molecular weight excluding hydrogens is 328 g/mol. The zero-order valence-corrected chi connectivity index (χ0v) is 16.1. The second-order valence-electron chi connectivity index (χ2n) is 6.80. The normalized spacial score (nSPS) is 13.7. The van der Waals surface area contributed by atoms with E-state index in [0.717, 1.165) is 24.8 Å². The average Bonchev–Trinajstić information content (AvgIpc) is 2.63. The number of rotatable bonds is 8. The fourth-order valence-electron chi connectivity index (χ4n) is 3.25. The van der Waals surface area contributed by atoms with E-state index in [1.807, 2.05) is 25.1 Å². The number of carbonyl (C=O) groups is 2. The van der Waals surface area contributed by atoms with Gasteiger partial charge >= 0.3 is 0 Å². The molecule has 1 aliphatic rings. The number of aryl methyl sites for hydroxylation is 1. The van der Waals surface area contributed by atoms with Gasteiger partial charge < -0.3 is 15.0 Å². The summed E-state index contributed by atoms with van der Waals surface area (Å²) in [6.45, 7) is 4.48. The van der Waals surface area contributed by atoms with Crippen molar-refractivity contribution in [2.24, 2.45) is 0 Å². The lowest BCUT2D eigenvalue weighted by atomic mass is 9.97. The number of carbonyl (C=O) groups excluding carboxylic acids is 2. The van der Waals surface area contributed by atoms with Gasteiger partial charge in [-0.25, -0.2) is 0 Å². The highest BCUT2D eigenvalue weighted by molar-refractivity contribution is 5.94. The first-order chi connectivity index (χ1) is 12.5. The van der Waals surface area contributed by atoms with Crippen molar-refractivity contribution in [1.29, 1.82) is 0 Å². The number of methoxy groups -OCH3 is 1. The number of anilines is 1. The molecule has 5 nitrogen and oxygen atoms in total. The second kappa shape index (κ2) is 10.00. The van der Waals surface area contributed by atoms with Gasteiger partial charge in [0.05, 0.1) is 12.8 Å². The first-order valence-electron chi connectivity index (χ1n) is 9.38. The Hall–Kier alpha value is -2.30. The zero-order chi connectivity index (χ0) is 18.9. The quantitative estimate of drug-likeness (QED) is 0.720. The van der Waals surface area contributed by atoms with Crippen LogP contribution in [0.15, 0.2) is 29.8 Å². The Kier molecular flexibility index (Phi) is 7.70. The molecule has 5 heteroatoms. The first-order valence-corrected chi connectivity index (χ1v) is 9.38. The topological polar surface area (TPSA) is 58.6 Å². The van der Waals surface area contributed by atoms with Gasteiger partial charge in [0.1, 0.15) is 5.75 Å². The van der Waals surface area contributed by atoms with Crippen LogP contribution in [0.3, 0.4) is 0 Å². The third-order valence-electron chi connectivity index (χ3n) is 4.72. The molecule has 0 aliphatic heterocycles. The molecule has 0 radical (unpaired) electrons. The monoisotopic (exact) mass is 358 g/mol. The lowest BCUT2D eigenvalue weighted by Crippen LogP contribution is -2.34. The highest BCUT2D eigenvalue weighted by atomic mass is 16.5. The standard InChI is InChI=1S/C21H30N2O3/c1-16-9-10-20(26-3)19(15-16)23(17(2)24)14-12-21(25)22-13-11-18-7-5-4-6-8-18/h7,9-10,15H,4-6,8,11-14H2,1-3H3,(H,22,25). The minimum Gasteiger partial charge on any atom is -0.495 e. The molecular formula is C21H30N2O3. The summed E-state index contributed by atoms with van der Waals surface area (Å²) in [7, 11) is 1.58. The van der Waals surface area contributed by atoms with E-state index in [9.17, 15) is 9.59 Å². The molecule has 1 N–H and O–H groups in total. The summed E-state index contributed by atoms with van der Waals surface area (Å²) in [5.74, 6) is 0.504. The van der Waals surface area contributed by atoms with Crippen LogP contribution in [0.25, 0.3) is 0 Å². The first kappa shape index (κ1) is 20.0. The molecule has 0 fully saturated rings. The van der Waals surface area contributed by atoms with Crippen LogP contribution in [-0.4, -0.2) is 32.0 Å². The molecule has 0 aromatic heterocycles. The molecule has 1 aliphatic carbocycles. The maximum atomic E-state index is 12.2. The third-order valence-corrected chi connectivity index (χ3v) is 4.72. The highest BCUT2D eigenvalue weighted by Gasteiger charge is 2.17. The third kappa shape index (κ3) is 5.90. The van der Waals surface area contributed by atoms with Crippen molar-refractivity contribution < 1.29 is 14.3 Å². The van der Waals surface area contributed by atoms with Crippen molar-refractivity contribution in [2.75, 3.05) is 25.1 Å². The number of hydrogen-bond donors (Lipinski definition) is 1. The Balaban J connectivity index is 1.88. The second-order valence-corrected chi connectivity index (χ2v) is 6.80. The zero-order valence-electron chi connectivity index (χ0n) is 16.1. The molecule has 0 spiro atoms. The summed E-state index contributed by atoms with van der Waals surface area (Å²) in [5.41, 5.74) is 3.20. The fraction of sp³-hybridized carbons (Fsp3) is 0.524. The van der Waals surface area contributed by atoms with Crippen molar-refractivity contribution in [2.45, 2.75) is 52.4 Å². The van der Waals surface area contributed by atoms with E-state index in [2.05, 4.69) is 11.4 Å². The number of amides is 2. The molecule has 0 saturated heterocycles. The summed E-state index contributed by atoms with van der Waals surface area (Å²) >= 11 is 0. The Bertz CT molecular complexity index is 667. The molecule has 2 amide bonds. The number of allylic oxidation sites excluding steroid dienone is 1. The summed E-state index contributed by atoms with van der Waals surface area (Å²) in [5, 5.41) is 2.97. The molecule has 1 aromatic carbocycles. The van der Waals surface area contributed by atoms with E-state index in [1.54, 1.807) is 12.0 Å². The maximum Gasteiger partial charge on any atom is 0.223 e. The van der Waals surface area contributed by atoms with Crippen LogP contribution < -0.4 is 15.0 Å². The van der Waals surface area contributed by atoms with Crippen LogP contribution in [0.5, 0.6) is 5.75 Å². The lowest BCUT2D eigenvalue weighted by Gasteiger charge is -2.23. The van der Waals surface area contributed by atoms with Gasteiger partial charge in [0, 0.05) is 26.4 Å². The Labute approximate surface area is 156 Å². The van der Waals surface area contributed by atoms with Crippen LogP contribution in [0.2, 0.25) is 0 Å². The van der Waals surface area contributed by atoms with Gasteiger partial charge in [-0.05, 0) is 56.7 Å². The Morgan fingerprint density at radius 3 is 2.73 bits per heavy atom. The smallest absolute Gasteiger partial charge is 0.223 e. The van der Waals surface area contributed by atoms with Crippen LogP contribution >= 0.6 is 0 Å². The van der Waals surface area contributed by atoms with Crippen molar-refractivity contribution in [3.63, 3.8) is 0 Å². The van der Waals surface area contributed by atoms with Gasteiger partial charge in [0.25, 0.3) is 0 Å². The van der Waals surface area contributed by atoms with E-state index in [4.69, 9.17) is 4.74 Å². The van der Waals surface area contributed by atoms with E-state index < -0.39 is 0 Å². The van der Waals surface area contributed by atoms with Gasteiger partial charge in [-0.15, -0.1) is 0 Å². The number of benzene rings is 1. The van der Waals surface area contributed by atoms with Gasteiger partial charge in [-0.2, -0.15) is 0 Å². The predicted molar refractivity (Wildman–Crippen MR) is 105 cm³/mol. The van der Waals surface area contributed by atoms with E-state index >= 15 is 0 Å². The molecule has 26 heavy (non-hydrogen) atoms. The minimum atomic E-state index is -0.103. The number of nitrogens with one attached hydrogen (secondary N) is 1. The summed E-state index contributed by atoms with van der Waals surface area (Å²) in [4.78, 5) is 25.9. The summed E-state index contributed by atoms with van der Waals surface area (Å²) in [6.07, 6.45) is 8.35. The largest absolute Gasteiger partial charge is 0.495 e. The summed E-state index contributed by atoms with van der Waals surface area (Å²) < 4.78 is 5.37. The SMILES string of the molecule is COc1ccc(C)cc1N(CCC(=O)NCCC1=CCCCC1)C(C)=O. The molecule has 0 bridgehead atoms. The highest BCUT2D eigenvalue weighted by Crippen LogP contribution is 2.29. The predicted octanol–water partition coefficient (Wildman–Crippen LogP) is 3.75. The maximum absolute atomic E-state index is 12.2. The average molecular weight is 358 g/mol. The van der Waals surface area contributed by atoms with Crippen molar-refractivity contribution in [1.82, 2.24) is 5.32 Å². The summed E-state index contributed by atoms with van der Waals surface area (Å²) in [6, 6.07) is 5.69. The lowest BCUT2D eigenvalue weighted by molar-refractivity contribution is -0.121. The van der Waals surface area contributed by atoms with Crippen LogP contribution in [0.4, 0.5) is 5.69 Å².